The van der Waals surface area contributed by atoms with Gasteiger partial charge in [-0.1, -0.05) is 19.1 Å². The van der Waals surface area contributed by atoms with Crippen LogP contribution in [0.2, 0.25) is 0 Å². The fraction of sp³-hybridized carbons (Fsp3) is 0.609. The third-order valence-corrected chi connectivity index (χ3v) is 6.18. The van der Waals surface area contributed by atoms with Gasteiger partial charge in [0.05, 0.1) is 11.0 Å². The van der Waals surface area contributed by atoms with Crippen LogP contribution in [-0.2, 0) is 20.9 Å². The highest BCUT2D eigenvalue weighted by Gasteiger charge is 2.28. The molecule has 0 spiro atoms. The topological polar surface area (TPSA) is 67.7 Å². The lowest BCUT2D eigenvalue weighted by atomic mass is 9.97. The van der Waals surface area contributed by atoms with Crippen LogP contribution in [-0.4, -0.2) is 70.6 Å². The van der Waals surface area contributed by atoms with Crippen molar-refractivity contribution in [1.29, 1.82) is 0 Å². The van der Waals surface area contributed by atoms with Gasteiger partial charge in [0.2, 0.25) is 11.8 Å². The fourth-order valence-electron chi connectivity index (χ4n) is 4.65. The lowest BCUT2D eigenvalue weighted by molar-refractivity contribution is -0.142. The van der Waals surface area contributed by atoms with Crippen molar-refractivity contribution in [3.63, 3.8) is 0 Å². The van der Waals surface area contributed by atoms with Crippen molar-refractivity contribution in [2.75, 3.05) is 39.4 Å². The molecule has 0 radical (unpaired) electrons. The molecule has 3 heterocycles. The second kappa shape index (κ2) is 9.60. The molecule has 162 valence electrons. The molecule has 2 amide bonds. The molecule has 2 aliphatic heterocycles. The van der Waals surface area contributed by atoms with Crippen molar-refractivity contribution >= 4 is 22.8 Å². The second-order valence-electron chi connectivity index (χ2n) is 8.37. The van der Waals surface area contributed by atoms with Crippen LogP contribution < -0.4 is 0 Å². The molecule has 0 bridgehead atoms. The monoisotopic (exact) mass is 412 g/mol. The normalized spacial score (nSPS) is 19.6. The van der Waals surface area contributed by atoms with Crippen molar-refractivity contribution in [3.8, 4) is 0 Å². The van der Waals surface area contributed by atoms with Crippen LogP contribution in [0.4, 0.5) is 0 Å². The fourth-order valence-corrected chi connectivity index (χ4v) is 4.65. The van der Waals surface area contributed by atoms with Crippen LogP contribution in [0.3, 0.4) is 0 Å². The van der Waals surface area contributed by atoms with E-state index in [1.165, 1.54) is 5.52 Å². The van der Waals surface area contributed by atoms with Crippen LogP contribution in [0.1, 0.15) is 50.8 Å². The Balaban J connectivity index is 1.37. The van der Waals surface area contributed by atoms with Crippen molar-refractivity contribution < 1.29 is 14.3 Å². The molecular formula is C23H32N4O3. The average molecular weight is 413 g/mol. The van der Waals surface area contributed by atoms with E-state index in [1.54, 1.807) is 0 Å². The van der Waals surface area contributed by atoms with Crippen LogP contribution in [0.5, 0.6) is 0 Å². The highest BCUT2D eigenvalue weighted by molar-refractivity contribution is 5.80. The molecular weight excluding hydrogens is 380 g/mol. The van der Waals surface area contributed by atoms with Gasteiger partial charge in [0.1, 0.15) is 19.0 Å². The molecule has 7 nitrogen and oxygen atoms in total. The zero-order chi connectivity index (χ0) is 20.9. The first-order valence-electron chi connectivity index (χ1n) is 11.3. The number of carbonyl (C=O) groups is 2. The molecule has 0 N–H and O–H groups in total. The molecule has 4 rings (SSSR count). The maximum atomic E-state index is 12.7. The summed E-state index contributed by atoms with van der Waals surface area (Å²) in [7, 11) is 0. The molecule has 30 heavy (non-hydrogen) atoms. The number of imidazole rings is 1. The Morgan fingerprint density at radius 3 is 2.50 bits per heavy atom. The summed E-state index contributed by atoms with van der Waals surface area (Å²) in [5, 5.41) is 0. The van der Waals surface area contributed by atoms with Crippen molar-refractivity contribution in [3.05, 3.63) is 30.1 Å². The molecule has 1 unspecified atom stereocenters. The molecule has 2 aliphatic rings. The Bertz CT molecular complexity index is 888. The zero-order valence-electron chi connectivity index (χ0n) is 17.9. The number of benzene rings is 1. The Morgan fingerprint density at radius 2 is 1.73 bits per heavy atom. The smallest absolute Gasteiger partial charge is 0.248 e. The zero-order valence-corrected chi connectivity index (χ0v) is 17.9. The van der Waals surface area contributed by atoms with Gasteiger partial charge in [-0.2, -0.15) is 0 Å². The lowest BCUT2D eigenvalue weighted by Gasteiger charge is -2.32. The molecule has 0 aliphatic carbocycles. The maximum Gasteiger partial charge on any atom is 0.248 e. The highest BCUT2D eigenvalue weighted by Crippen LogP contribution is 2.29. The number of aryl methyl sites for hydroxylation is 1. The number of hydrogen-bond donors (Lipinski definition) is 0. The van der Waals surface area contributed by atoms with Crippen molar-refractivity contribution in [1.82, 2.24) is 19.4 Å². The van der Waals surface area contributed by atoms with Gasteiger partial charge >= 0.3 is 0 Å². The first-order valence-corrected chi connectivity index (χ1v) is 11.3. The number of para-hydroxylation sites is 2. The number of aromatic nitrogens is 2. The van der Waals surface area contributed by atoms with Crippen LogP contribution in [0, 0.1) is 0 Å². The third-order valence-electron chi connectivity index (χ3n) is 6.18. The molecule has 2 fully saturated rings. The van der Waals surface area contributed by atoms with Crippen molar-refractivity contribution in [2.24, 2.45) is 0 Å². The minimum absolute atomic E-state index is 0.00466. The van der Waals surface area contributed by atoms with Gasteiger partial charge in [-0.25, -0.2) is 4.98 Å². The molecule has 7 heteroatoms. The molecule has 1 aromatic carbocycles. The van der Waals surface area contributed by atoms with Gasteiger partial charge in [0, 0.05) is 38.6 Å². The van der Waals surface area contributed by atoms with E-state index in [9.17, 15) is 9.59 Å². The predicted molar refractivity (Wildman–Crippen MR) is 115 cm³/mol. The lowest BCUT2D eigenvalue weighted by Crippen LogP contribution is -2.42. The van der Waals surface area contributed by atoms with Gasteiger partial charge in [-0.3, -0.25) is 9.59 Å². The minimum atomic E-state index is -0.0351. The summed E-state index contributed by atoms with van der Waals surface area (Å²) in [6.07, 6.45) is 5.15. The number of ether oxygens (including phenoxy) is 1. The summed E-state index contributed by atoms with van der Waals surface area (Å²) < 4.78 is 7.79. The Morgan fingerprint density at radius 1 is 1.03 bits per heavy atom. The Labute approximate surface area is 178 Å². The van der Waals surface area contributed by atoms with E-state index in [4.69, 9.17) is 9.72 Å². The largest absolute Gasteiger partial charge is 0.362 e. The van der Waals surface area contributed by atoms with Gasteiger partial charge in [-0.05, 0) is 44.2 Å². The number of hydrogen-bond acceptors (Lipinski definition) is 4. The van der Waals surface area contributed by atoms with E-state index in [0.717, 1.165) is 69.6 Å². The van der Waals surface area contributed by atoms with E-state index < -0.39 is 0 Å². The SMILES string of the molecule is CCCn1c(C2CCCN(C(=O)COCC(=O)N3CCCC3)C2)nc2ccccc21. The van der Waals surface area contributed by atoms with Crippen LogP contribution in [0.25, 0.3) is 11.0 Å². The molecule has 0 saturated carbocycles. The number of amides is 2. The Hall–Kier alpha value is -2.41. The predicted octanol–water partition coefficient (Wildman–Crippen LogP) is 2.79. The standard InChI is InChI=1S/C23H32N4O3/c1-2-11-27-20-10-4-3-9-19(20)24-23(27)18-8-7-14-26(15-18)22(29)17-30-16-21(28)25-12-5-6-13-25/h3-4,9-10,18H,2,5-8,11-17H2,1H3. The van der Waals surface area contributed by atoms with Gasteiger partial charge in [-0.15, -0.1) is 0 Å². The summed E-state index contributed by atoms with van der Waals surface area (Å²) in [5.74, 6) is 1.27. The van der Waals surface area contributed by atoms with Crippen LogP contribution in [0.15, 0.2) is 24.3 Å². The number of rotatable bonds is 7. The number of nitrogens with zero attached hydrogens (tertiary/aromatic N) is 4. The summed E-state index contributed by atoms with van der Waals surface area (Å²) in [6.45, 7) is 6.10. The molecule has 1 atom stereocenters. The molecule has 2 saturated heterocycles. The third kappa shape index (κ3) is 4.51. The van der Waals surface area contributed by atoms with E-state index in [-0.39, 0.29) is 30.9 Å². The van der Waals surface area contributed by atoms with E-state index in [2.05, 4.69) is 29.7 Å². The van der Waals surface area contributed by atoms with Crippen molar-refractivity contribution in [2.45, 2.75) is 51.5 Å². The van der Waals surface area contributed by atoms with Gasteiger partial charge in [0.15, 0.2) is 0 Å². The van der Waals surface area contributed by atoms with Crippen LogP contribution >= 0.6 is 0 Å². The quantitative estimate of drug-likeness (QED) is 0.701. The molecule has 2 aromatic rings. The second-order valence-corrected chi connectivity index (χ2v) is 8.37. The summed E-state index contributed by atoms with van der Waals surface area (Å²) in [6, 6.07) is 8.25. The van der Waals surface area contributed by atoms with E-state index >= 15 is 0 Å². The average Bonchev–Trinajstić information content (AvgIpc) is 3.43. The number of likely N-dealkylation sites (tertiary alicyclic amines) is 2. The number of fused-ring (bicyclic) bond motifs is 1. The van der Waals surface area contributed by atoms with Gasteiger partial charge < -0.3 is 19.1 Å². The maximum absolute atomic E-state index is 12.7. The Kier molecular flexibility index (Phi) is 6.67. The minimum Gasteiger partial charge on any atom is -0.362 e. The van der Waals surface area contributed by atoms with E-state index in [1.807, 2.05) is 15.9 Å². The summed E-state index contributed by atoms with van der Waals surface area (Å²) >= 11 is 0. The first kappa shape index (κ1) is 20.8. The first-order chi connectivity index (χ1) is 14.7. The highest BCUT2D eigenvalue weighted by atomic mass is 16.5. The van der Waals surface area contributed by atoms with E-state index in [0.29, 0.717) is 6.54 Å². The number of carbonyl (C=O) groups excluding carboxylic acids is 2. The van der Waals surface area contributed by atoms with Gasteiger partial charge in [0.25, 0.3) is 0 Å². The number of piperidine rings is 1. The summed E-state index contributed by atoms with van der Waals surface area (Å²) in [5.41, 5.74) is 2.19. The molecule has 1 aromatic heterocycles. The summed E-state index contributed by atoms with van der Waals surface area (Å²) in [4.78, 5) is 33.4.